The van der Waals surface area contributed by atoms with Crippen LogP contribution in [0.15, 0.2) is 47.9 Å². The molecule has 0 bridgehead atoms. The Balaban J connectivity index is 2.37. The van der Waals surface area contributed by atoms with E-state index >= 15 is 0 Å². The van der Waals surface area contributed by atoms with Gasteiger partial charge in [0.1, 0.15) is 18.9 Å². The summed E-state index contributed by atoms with van der Waals surface area (Å²) in [5.74, 6) is 0. The van der Waals surface area contributed by atoms with Gasteiger partial charge in [-0.1, -0.05) is 30.3 Å². The van der Waals surface area contributed by atoms with E-state index in [1.807, 2.05) is 6.07 Å². The minimum absolute atomic E-state index is 0.226. The van der Waals surface area contributed by atoms with Gasteiger partial charge in [-0.25, -0.2) is 4.57 Å². The van der Waals surface area contributed by atoms with E-state index in [4.69, 9.17) is 0 Å². The topological polar surface area (TPSA) is 48.9 Å². The molecule has 0 amide bonds. The van der Waals surface area contributed by atoms with Crippen LogP contribution < -0.4 is 4.57 Å². The quantitative estimate of drug-likeness (QED) is 0.625. The van der Waals surface area contributed by atoms with Gasteiger partial charge in [0.05, 0.1) is 11.1 Å². The van der Waals surface area contributed by atoms with Gasteiger partial charge >= 0.3 is 11.7 Å². The Kier molecular flexibility index (Phi) is 3.83. The van der Waals surface area contributed by atoms with E-state index in [1.54, 1.807) is 24.3 Å². The molecular weight excluding hydrogens is 262 g/mol. The van der Waals surface area contributed by atoms with Crippen molar-refractivity contribution in [2.75, 3.05) is 0 Å². The molecule has 0 aliphatic rings. The molecule has 0 N–H and O–H groups in total. The summed E-state index contributed by atoms with van der Waals surface area (Å²) in [5, 5.41) is -0.436. The van der Waals surface area contributed by atoms with Gasteiger partial charge < -0.3 is 4.55 Å². The molecule has 4 nitrogen and oxygen atoms in total. The zero-order valence-electron chi connectivity index (χ0n) is 9.20. The van der Waals surface area contributed by atoms with Crippen molar-refractivity contribution in [3.8, 4) is 0 Å². The van der Waals surface area contributed by atoms with Gasteiger partial charge in [-0.05, 0) is 5.56 Å². The largest absolute Gasteiger partial charge is 0.763 e. The molecule has 18 heavy (non-hydrogen) atoms. The van der Waals surface area contributed by atoms with Crippen LogP contribution in [0.5, 0.6) is 0 Å². The summed E-state index contributed by atoms with van der Waals surface area (Å²) in [4.78, 5) is 0. The van der Waals surface area contributed by atoms with Gasteiger partial charge in [-0.3, -0.25) is 4.21 Å². The third-order valence-electron chi connectivity index (χ3n) is 2.43. The molecule has 2 rings (SSSR count). The monoisotopic (exact) mass is 272 g/mol. The lowest BCUT2D eigenvalue weighted by atomic mass is 10.2. The maximum atomic E-state index is 12.6. The predicted octanol–water partition coefficient (Wildman–Crippen LogP) is 1.46. The summed E-state index contributed by atoms with van der Waals surface area (Å²) < 4.78 is 49.0. The molecule has 2 aromatic rings. The number of aromatic nitrogens is 2. The Morgan fingerprint density at radius 1 is 1.33 bits per heavy atom. The molecule has 1 unspecified atom stereocenters. The van der Waals surface area contributed by atoms with Crippen molar-refractivity contribution in [3.63, 3.8) is 0 Å². The molecule has 1 heterocycles. The number of alkyl halides is 2. The second kappa shape index (κ2) is 5.36. The smallest absolute Gasteiger partial charge is 0.388 e. The maximum absolute atomic E-state index is 12.6. The van der Waals surface area contributed by atoms with Crippen molar-refractivity contribution < 1.29 is 22.1 Å². The van der Waals surface area contributed by atoms with Crippen molar-refractivity contribution in [1.82, 2.24) is 4.57 Å². The standard InChI is InChI=1S/C11H10F2N2O2S/c12-10(13)15-7-6-14(11(15)18(16)17)8-9-4-2-1-3-5-9/h1-7,10H,8H2. The van der Waals surface area contributed by atoms with E-state index < -0.39 is 22.8 Å². The number of imidazole rings is 1. The minimum Gasteiger partial charge on any atom is -0.763 e. The van der Waals surface area contributed by atoms with Crippen LogP contribution in [0.25, 0.3) is 0 Å². The van der Waals surface area contributed by atoms with Crippen molar-refractivity contribution in [3.05, 3.63) is 48.3 Å². The molecule has 0 aliphatic heterocycles. The maximum Gasteiger partial charge on any atom is 0.388 e. The van der Waals surface area contributed by atoms with Crippen LogP contribution in [0.2, 0.25) is 0 Å². The van der Waals surface area contributed by atoms with E-state index in [-0.39, 0.29) is 6.54 Å². The number of rotatable bonds is 4. The van der Waals surface area contributed by atoms with Gasteiger partial charge in [0.15, 0.2) is 0 Å². The number of hydrogen-bond donors (Lipinski definition) is 0. The first kappa shape index (κ1) is 12.8. The Morgan fingerprint density at radius 3 is 2.56 bits per heavy atom. The van der Waals surface area contributed by atoms with Gasteiger partial charge in [0, 0.05) is 0 Å². The Bertz CT molecular complexity index is 557. The van der Waals surface area contributed by atoms with Crippen molar-refractivity contribution >= 4 is 11.1 Å². The highest BCUT2D eigenvalue weighted by Crippen LogP contribution is 2.13. The summed E-state index contributed by atoms with van der Waals surface area (Å²) in [6.07, 6.45) is 2.38. The van der Waals surface area contributed by atoms with Crippen LogP contribution in [0.4, 0.5) is 8.78 Å². The van der Waals surface area contributed by atoms with Crippen LogP contribution in [0.1, 0.15) is 12.1 Å². The van der Waals surface area contributed by atoms with E-state index in [0.717, 1.165) is 11.8 Å². The molecular formula is C11H10F2N2O2S. The molecule has 0 fully saturated rings. The first-order valence-electron chi connectivity index (χ1n) is 5.11. The van der Waals surface area contributed by atoms with Crippen LogP contribution in [0.3, 0.4) is 0 Å². The van der Waals surface area contributed by atoms with Crippen LogP contribution >= 0.6 is 0 Å². The molecule has 1 aromatic heterocycles. The van der Waals surface area contributed by atoms with Crippen molar-refractivity contribution in [2.45, 2.75) is 18.3 Å². The number of benzene rings is 1. The molecule has 0 saturated heterocycles. The van der Waals surface area contributed by atoms with E-state index in [1.165, 1.54) is 10.8 Å². The van der Waals surface area contributed by atoms with Crippen LogP contribution in [-0.2, 0) is 17.6 Å². The number of halogens is 2. The normalized spacial score (nSPS) is 12.9. The van der Waals surface area contributed by atoms with Gasteiger partial charge in [-0.2, -0.15) is 13.3 Å². The first-order chi connectivity index (χ1) is 8.59. The third kappa shape index (κ3) is 2.62. The Morgan fingerprint density at radius 2 is 2.00 bits per heavy atom. The molecule has 96 valence electrons. The number of nitrogens with zero attached hydrogens (tertiary/aromatic N) is 2. The van der Waals surface area contributed by atoms with E-state index in [0.29, 0.717) is 4.57 Å². The number of hydrogen-bond acceptors (Lipinski definition) is 2. The van der Waals surface area contributed by atoms with Gasteiger partial charge in [-0.15, -0.1) is 0 Å². The molecule has 0 radical (unpaired) electrons. The summed E-state index contributed by atoms with van der Waals surface area (Å²) >= 11 is -2.72. The highest BCUT2D eigenvalue weighted by molar-refractivity contribution is 7.78. The molecule has 0 saturated carbocycles. The van der Waals surface area contributed by atoms with Crippen LogP contribution in [0, 0.1) is 0 Å². The van der Waals surface area contributed by atoms with Crippen LogP contribution in [-0.4, -0.2) is 13.3 Å². The molecule has 0 aliphatic carbocycles. The molecule has 0 spiro atoms. The highest BCUT2D eigenvalue weighted by Gasteiger charge is 2.24. The Labute approximate surface area is 105 Å². The fraction of sp³-hybridized carbons (Fsp3) is 0.182. The van der Waals surface area contributed by atoms with Crippen molar-refractivity contribution in [2.24, 2.45) is 0 Å². The Hall–Kier alpha value is -1.60. The lowest BCUT2D eigenvalue weighted by Crippen LogP contribution is -2.38. The fourth-order valence-corrected chi connectivity index (χ4v) is 2.29. The lowest BCUT2D eigenvalue weighted by Gasteiger charge is -2.06. The predicted molar refractivity (Wildman–Crippen MR) is 58.6 cm³/mol. The first-order valence-corrected chi connectivity index (χ1v) is 6.18. The zero-order chi connectivity index (χ0) is 13.1. The lowest BCUT2D eigenvalue weighted by molar-refractivity contribution is -0.726. The minimum atomic E-state index is -2.88. The SMILES string of the molecule is O=S([O-])c1n(C(F)F)cc[n+]1Cc1ccccc1. The summed E-state index contributed by atoms with van der Waals surface area (Å²) in [6.45, 7) is -2.65. The summed E-state index contributed by atoms with van der Waals surface area (Å²) in [5.41, 5.74) is 0.834. The average molecular weight is 272 g/mol. The second-order valence-electron chi connectivity index (χ2n) is 3.61. The second-order valence-corrected chi connectivity index (χ2v) is 4.45. The molecule has 1 atom stereocenters. The van der Waals surface area contributed by atoms with E-state index in [2.05, 4.69) is 0 Å². The summed E-state index contributed by atoms with van der Waals surface area (Å²) in [7, 11) is 0. The fourth-order valence-electron chi connectivity index (χ4n) is 1.66. The zero-order valence-corrected chi connectivity index (χ0v) is 10.0. The van der Waals surface area contributed by atoms with Gasteiger partial charge in [0.25, 0.3) is 0 Å². The molecule has 1 aromatic carbocycles. The van der Waals surface area contributed by atoms with E-state index in [9.17, 15) is 17.5 Å². The molecule has 7 heteroatoms. The average Bonchev–Trinajstić information content (AvgIpc) is 2.74. The van der Waals surface area contributed by atoms with Crippen molar-refractivity contribution in [1.29, 1.82) is 0 Å². The third-order valence-corrected chi connectivity index (χ3v) is 3.17. The van der Waals surface area contributed by atoms with Gasteiger partial charge in [0.2, 0.25) is 0 Å². The summed E-state index contributed by atoms with van der Waals surface area (Å²) in [6, 6.07) is 9.02. The highest BCUT2D eigenvalue weighted by atomic mass is 32.2.